The van der Waals surface area contributed by atoms with Gasteiger partial charge in [0.2, 0.25) is 0 Å². The molecule has 0 bridgehead atoms. The van der Waals surface area contributed by atoms with Crippen molar-refractivity contribution in [2.24, 2.45) is 0 Å². The molecule has 6 rings (SSSR count). The monoisotopic (exact) mass is 500 g/mol. The predicted octanol–water partition coefficient (Wildman–Crippen LogP) is 5.53. The summed E-state index contributed by atoms with van der Waals surface area (Å²) in [6.07, 6.45) is 0. The number of amides is 1. The normalized spacial score (nSPS) is 18.7. The summed E-state index contributed by atoms with van der Waals surface area (Å²) in [6, 6.07) is 18.5. The molecule has 1 unspecified atom stereocenters. The van der Waals surface area contributed by atoms with Crippen LogP contribution >= 0.6 is 11.6 Å². The van der Waals surface area contributed by atoms with Gasteiger partial charge >= 0.3 is 0 Å². The molecule has 3 aromatic carbocycles. The highest BCUT2D eigenvalue weighted by atomic mass is 35.5. The van der Waals surface area contributed by atoms with Crippen LogP contribution < -0.4 is 14.4 Å². The smallest absolute Gasteiger partial charge is 0.300 e. The molecule has 1 amide bonds. The number of halogens is 1. The first-order valence-electron chi connectivity index (χ1n) is 11.5. The van der Waals surface area contributed by atoms with E-state index in [0.717, 1.165) is 22.2 Å². The molecule has 1 saturated heterocycles. The molecule has 36 heavy (non-hydrogen) atoms. The number of para-hydroxylation sites is 1. The van der Waals surface area contributed by atoms with Gasteiger partial charge in [-0.15, -0.1) is 0 Å². The second-order valence-corrected chi connectivity index (χ2v) is 9.15. The first kappa shape index (κ1) is 22.2. The van der Waals surface area contributed by atoms with Crippen LogP contribution in [-0.4, -0.2) is 35.0 Å². The van der Waals surface area contributed by atoms with Gasteiger partial charge in [0.25, 0.3) is 11.7 Å². The third kappa shape index (κ3) is 3.43. The minimum Gasteiger partial charge on any atom is -0.507 e. The second kappa shape index (κ2) is 8.46. The van der Waals surface area contributed by atoms with Crippen LogP contribution in [0, 0.1) is 6.92 Å². The summed E-state index contributed by atoms with van der Waals surface area (Å²) < 4.78 is 11.2. The van der Waals surface area contributed by atoms with Crippen molar-refractivity contribution >= 4 is 45.6 Å². The van der Waals surface area contributed by atoms with E-state index in [2.05, 4.69) is 4.98 Å². The molecule has 0 radical (unpaired) electrons. The van der Waals surface area contributed by atoms with Gasteiger partial charge in [-0.25, -0.2) is 0 Å². The van der Waals surface area contributed by atoms with Crippen molar-refractivity contribution in [1.29, 1.82) is 0 Å². The lowest BCUT2D eigenvalue weighted by molar-refractivity contribution is -0.132. The molecule has 3 heterocycles. The number of aromatic nitrogens is 1. The first-order valence-corrected chi connectivity index (χ1v) is 11.9. The summed E-state index contributed by atoms with van der Waals surface area (Å²) in [4.78, 5) is 31.7. The summed E-state index contributed by atoms with van der Waals surface area (Å²) in [5.41, 5.74) is 3.17. The molecule has 2 aliphatic heterocycles. The lowest BCUT2D eigenvalue weighted by Gasteiger charge is -2.26. The quantitative estimate of drug-likeness (QED) is 0.219. The number of H-pyrrole nitrogens is 1. The molecule has 7 nitrogen and oxygen atoms in total. The molecule has 0 spiro atoms. The van der Waals surface area contributed by atoms with Crippen molar-refractivity contribution in [3.8, 4) is 11.5 Å². The number of Topliss-reactive ketones (excluding diaryl/α,β-unsaturated/α-hetero) is 1. The summed E-state index contributed by atoms with van der Waals surface area (Å²) in [5, 5.41) is 12.8. The third-order valence-corrected chi connectivity index (χ3v) is 6.80. The Morgan fingerprint density at radius 1 is 1.00 bits per heavy atom. The van der Waals surface area contributed by atoms with Gasteiger partial charge in [-0.3, -0.25) is 14.5 Å². The van der Waals surface area contributed by atoms with Crippen LogP contribution in [0.2, 0.25) is 5.02 Å². The molecule has 4 aromatic rings. The van der Waals surface area contributed by atoms with Gasteiger partial charge < -0.3 is 19.6 Å². The number of benzene rings is 3. The molecule has 1 fully saturated rings. The predicted molar refractivity (Wildman–Crippen MR) is 137 cm³/mol. The maximum atomic E-state index is 13.5. The first-order chi connectivity index (χ1) is 17.4. The Bertz CT molecular complexity index is 1590. The Labute approximate surface area is 211 Å². The molecule has 180 valence electrons. The standard InChI is InChI=1S/C28H21ClN2O5/c1-15-23(19-7-2-3-8-20(19)30-15)25-24(26(32)16-9-10-21-22(13-16)36-12-11-35-21)27(33)28(34)31(25)18-6-4-5-17(29)14-18/h2-10,13-14,25,30,32H,11-12H2,1H3/b26-24+. The number of aryl methyl sites for hydroxylation is 1. The number of hydrogen-bond acceptors (Lipinski definition) is 5. The Morgan fingerprint density at radius 3 is 2.58 bits per heavy atom. The van der Waals surface area contributed by atoms with Crippen LogP contribution in [0.15, 0.2) is 72.3 Å². The molecule has 1 aromatic heterocycles. The van der Waals surface area contributed by atoms with Crippen LogP contribution in [0.5, 0.6) is 11.5 Å². The highest BCUT2D eigenvalue weighted by molar-refractivity contribution is 6.52. The fourth-order valence-electron chi connectivity index (χ4n) is 4.99. The van der Waals surface area contributed by atoms with E-state index in [1.165, 1.54) is 4.90 Å². The van der Waals surface area contributed by atoms with Crippen molar-refractivity contribution in [2.75, 3.05) is 18.1 Å². The number of ketones is 1. The Balaban J connectivity index is 1.61. The van der Waals surface area contributed by atoms with E-state index in [4.69, 9.17) is 21.1 Å². The topological polar surface area (TPSA) is 91.9 Å². The molecule has 0 aliphatic carbocycles. The van der Waals surface area contributed by atoms with Crippen LogP contribution in [0.1, 0.15) is 22.9 Å². The number of carbonyl (C=O) groups is 2. The van der Waals surface area contributed by atoms with Crippen molar-refractivity contribution < 1.29 is 24.2 Å². The molecular weight excluding hydrogens is 480 g/mol. The number of fused-ring (bicyclic) bond motifs is 2. The molecule has 1 atom stereocenters. The summed E-state index contributed by atoms with van der Waals surface area (Å²) in [7, 11) is 0. The van der Waals surface area contributed by atoms with Crippen molar-refractivity contribution in [3.05, 3.63) is 94.1 Å². The average molecular weight is 501 g/mol. The van der Waals surface area contributed by atoms with E-state index in [1.807, 2.05) is 31.2 Å². The molecule has 2 N–H and O–H groups in total. The van der Waals surface area contributed by atoms with E-state index in [0.29, 0.717) is 41.0 Å². The van der Waals surface area contributed by atoms with Gasteiger partial charge in [-0.2, -0.15) is 0 Å². The number of rotatable bonds is 3. The zero-order chi connectivity index (χ0) is 25.0. The summed E-state index contributed by atoms with van der Waals surface area (Å²) in [6.45, 7) is 2.70. The Hall–Kier alpha value is -4.23. The third-order valence-electron chi connectivity index (χ3n) is 6.56. The lowest BCUT2D eigenvalue weighted by atomic mass is 9.93. The maximum Gasteiger partial charge on any atom is 0.300 e. The number of aliphatic hydroxyl groups is 1. The number of aromatic amines is 1. The number of carbonyl (C=O) groups excluding carboxylic acids is 2. The van der Waals surface area contributed by atoms with Gasteiger partial charge in [-0.1, -0.05) is 35.9 Å². The van der Waals surface area contributed by atoms with Gasteiger partial charge in [-0.05, 0) is 49.4 Å². The van der Waals surface area contributed by atoms with E-state index < -0.39 is 17.7 Å². The summed E-state index contributed by atoms with van der Waals surface area (Å²) >= 11 is 6.25. The van der Waals surface area contributed by atoms with Crippen molar-refractivity contribution in [3.63, 3.8) is 0 Å². The highest BCUT2D eigenvalue weighted by Crippen LogP contribution is 2.46. The van der Waals surface area contributed by atoms with Gasteiger partial charge in [0.15, 0.2) is 11.5 Å². The number of anilines is 1. The minimum atomic E-state index is -0.882. The van der Waals surface area contributed by atoms with Gasteiger partial charge in [0, 0.05) is 38.4 Å². The van der Waals surface area contributed by atoms with Crippen molar-refractivity contribution in [2.45, 2.75) is 13.0 Å². The number of ether oxygens (including phenoxy) is 2. The van der Waals surface area contributed by atoms with Gasteiger partial charge in [0.05, 0.1) is 11.6 Å². The average Bonchev–Trinajstić information content (AvgIpc) is 3.35. The Morgan fingerprint density at radius 2 is 1.78 bits per heavy atom. The molecule has 2 aliphatic rings. The fourth-order valence-corrected chi connectivity index (χ4v) is 5.18. The van der Waals surface area contributed by atoms with Crippen LogP contribution in [-0.2, 0) is 9.59 Å². The lowest BCUT2D eigenvalue weighted by Crippen LogP contribution is -2.29. The number of nitrogens with zero attached hydrogens (tertiary/aromatic N) is 1. The number of hydrogen-bond donors (Lipinski definition) is 2. The fraction of sp³-hybridized carbons (Fsp3) is 0.143. The van der Waals surface area contributed by atoms with E-state index in [-0.39, 0.29) is 11.3 Å². The van der Waals surface area contributed by atoms with Crippen molar-refractivity contribution in [1.82, 2.24) is 4.98 Å². The highest BCUT2D eigenvalue weighted by Gasteiger charge is 2.48. The van der Waals surface area contributed by atoms with Crippen LogP contribution in [0.25, 0.3) is 16.7 Å². The summed E-state index contributed by atoms with van der Waals surface area (Å²) in [5.74, 6) is -0.789. The zero-order valence-electron chi connectivity index (χ0n) is 19.2. The maximum absolute atomic E-state index is 13.5. The van der Waals surface area contributed by atoms with E-state index >= 15 is 0 Å². The van der Waals surface area contributed by atoms with Crippen LogP contribution in [0.4, 0.5) is 5.69 Å². The number of aliphatic hydroxyl groups excluding tert-OH is 1. The SMILES string of the molecule is Cc1[nH]c2ccccc2c1C1/C(=C(\O)c2ccc3c(c2)OCCO3)C(=O)C(=O)N1c1cccc(Cl)c1. The molecule has 0 saturated carbocycles. The largest absolute Gasteiger partial charge is 0.507 e. The minimum absolute atomic E-state index is 0.00972. The second-order valence-electron chi connectivity index (χ2n) is 8.72. The van der Waals surface area contributed by atoms with Crippen LogP contribution in [0.3, 0.4) is 0 Å². The van der Waals surface area contributed by atoms with E-state index in [9.17, 15) is 14.7 Å². The van der Waals surface area contributed by atoms with Gasteiger partial charge in [0.1, 0.15) is 19.0 Å². The zero-order valence-corrected chi connectivity index (χ0v) is 20.0. The Kier molecular flexibility index (Phi) is 5.23. The molecule has 8 heteroatoms. The number of nitrogens with one attached hydrogen (secondary N) is 1. The molecular formula is C28H21ClN2O5. The van der Waals surface area contributed by atoms with E-state index in [1.54, 1.807) is 42.5 Å².